The van der Waals surface area contributed by atoms with Crippen LogP contribution in [0.25, 0.3) is 10.7 Å². The highest BCUT2D eigenvalue weighted by Crippen LogP contribution is 2.42. The Hall–Kier alpha value is -3.13. The molecule has 0 aromatic carbocycles. The van der Waals surface area contributed by atoms with Crippen LogP contribution in [0.2, 0.25) is 0 Å². The van der Waals surface area contributed by atoms with Crippen LogP contribution in [0.15, 0.2) is 17.8 Å². The minimum absolute atomic E-state index is 0. The molecule has 64 heavy (non-hydrogen) atoms. The average molecular weight is 932 g/mol. The maximum Gasteiger partial charge on any atom is 0.410 e. The summed E-state index contributed by atoms with van der Waals surface area (Å²) in [7, 11) is 7.19. The second kappa shape index (κ2) is 24.6. The molecule has 0 aliphatic carbocycles. The van der Waals surface area contributed by atoms with E-state index in [2.05, 4.69) is 27.1 Å². The highest BCUT2D eigenvalue weighted by atomic mass is 32.1. The number of thiazole rings is 1. The van der Waals surface area contributed by atoms with Gasteiger partial charge < -0.3 is 38.6 Å². The van der Waals surface area contributed by atoms with Gasteiger partial charge in [0.1, 0.15) is 22.9 Å². The molecule has 5 heterocycles. The van der Waals surface area contributed by atoms with Crippen LogP contribution in [0.1, 0.15) is 125 Å². The first-order chi connectivity index (χ1) is 27.7. The molecule has 1 amide bonds. The molecule has 4 unspecified atom stereocenters. The number of rotatable bonds is 11. The van der Waals surface area contributed by atoms with Crippen molar-refractivity contribution in [1.82, 2.24) is 34.7 Å². The van der Waals surface area contributed by atoms with Gasteiger partial charge in [0.05, 0.1) is 30.0 Å². The average Bonchev–Trinajstić information content (AvgIpc) is 3.94. The Balaban J connectivity index is 0.00000794. The first-order valence-corrected chi connectivity index (χ1v) is 21.7. The van der Waals surface area contributed by atoms with Crippen molar-refractivity contribution < 1.29 is 47.6 Å². The highest BCUT2D eigenvalue weighted by molar-refractivity contribution is 7.13. The van der Waals surface area contributed by atoms with Crippen LogP contribution in [0, 0.1) is 11.8 Å². The number of aryl methyl sites for hydroxylation is 1. The molecule has 13 atom stereocenters. The van der Waals surface area contributed by atoms with Gasteiger partial charge in [-0.2, -0.15) is 0 Å². The second-order valence-electron chi connectivity index (χ2n) is 17.7. The molecule has 2 aromatic rings. The number of aromatic nitrogens is 4. The van der Waals surface area contributed by atoms with E-state index in [-0.39, 0.29) is 67.7 Å². The number of carbonyl (C=O) groups excluding carboxylic acids is 3. The zero-order valence-corrected chi connectivity index (χ0v) is 37.6. The van der Waals surface area contributed by atoms with Crippen molar-refractivity contribution >= 4 is 29.2 Å². The second-order valence-corrected chi connectivity index (χ2v) is 18.6. The van der Waals surface area contributed by atoms with E-state index in [9.17, 15) is 19.5 Å². The number of hydrogen-bond donors (Lipinski definition) is 1. The van der Waals surface area contributed by atoms with E-state index in [1.54, 1.807) is 36.5 Å². The Kier molecular flexibility index (Phi) is 23.4. The topological polar surface area (TPSA) is 171 Å². The van der Waals surface area contributed by atoms with Gasteiger partial charge in [0.25, 0.3) is 5.67 Å². The maximum absolute atomic E-state index is 17.0. The number of methoxy groups -OCH3 is 1. The molecule has 0 radical (unpaired) electrons. The fraction of sp³-hybridized carbons (Fsp3) is 0.826. The van der Waals surface area contributed by atoms with Crippen molar-refractivity contribution in [1.29, 1.82) is 0 Å². The molecule has 372 valence electrons. The van der Waals surface area contributed by atoms with Crippen molar-refractivity contribution in [3.05, 3.63) is 17.8 Å². The lowest BCUT2D eigenvalue weighted by Crippen LogP contribution is -2.61. The lowest BCUT2D eigenvalue weighted by Gasteiger charge is -2.47. The number of amides is 1. The highest BCUT2D eigenvalue weighted by Gasteiger charge is 2.61. The van der Waals surface area contributed by atoms with E-state index >= 15 is 4.39 Å². The number of fused-ring (bicyclic) bond motifs is 1. The summed E-state index contributed by atoms with van der Waals surface area (Å²) in [5, 5.41) is 22.6. The Morgan fingerprint density at radius 3 is 2.25 bits per heavy atom. The number of cyclic esters (lactones) is 1. The maximum atomic E-state index is 17.0. The number of nitrogens with zero attached hydrogens (tertiary/aromatic N) is 7. The summed E-state index contributed by atoms with van der Waals surface area (Å²) in [6.45, 7) is 15.1. The van der Waals surface area contributed by atoms with Crippen molar-refractivity contribution in [2.45, 2.75) is 197 Å². The van der Waals surface area contributed by atoms with E-state index < -0.39 is 71.3 Å². The third kappa shape index (κ3) is 12.6. The molecule has 3 aliphatic heterocycles. The smallest absolute Gasteiger partial charge is 0.410 e. The van der Waals surface area contributed by atoms with Gasteiger partial charge in [-0.15, -0.1) is 16.4 Å². The number of halogens is 1. The molecular weight excluding hydrogens is 846 g/mol. The molecule has 3 saturated heterocycles. The minimum Gasteiger partial charge on any atom is -0.455 e. The summed E-state index contributed by atoms with van der Waals surface area (Å²) < 4.78 is 49.8. The Morgan fingerprint density at radius 1 is 1.03 bits per heavy atom. The fourth-order valence-corrected chi connectivity index (χ4v) is 10.0. The quantitative estimate of drug-likeness (QED) is 0.132. The SMILES string of the molecule is C.C.C.C.C.CC[C@H]1OC(=O)C(C)(F)C(=O)[C@H](C)[C@@H](O[C@@H]2OC(C)CC(N(C)C)C2O)[C@](C)(OC)C[C@@H](C)CN(C)[C@H](C)[C@H]2N(CCCCn3cc(-c4nccs4)nn3)C(=O)O[C@]12C. The molecule has 1 N–H and O–H groups in total. The predicted octanol–water partition coefficient (Wildman–Crippen LogP) is 7.77. The van der Waals surface area contributed by atoms with Crippen LogP contribution in [-0.2, 0) is 39.8 Å². The van der Waals surface area contributed by atoms with Gasteiger partial charge in [0, 0.05) is 56.3 Å². The summed E-state index contributed by atoms with van der Waals surface area (Å²) in [5.41, 5.74) is -5.06. The molecule has 0 bridgehead atoms. The van der Waals surface area contributed by atoms with Crippen molar-refractivity contribution in [3.63, 3.8) is 0 Å². The number of esters is 1. The third-order valence-electron chi connectivity index (χ3n) is 12.8. The van der Waals surface area contributed by atoms with Gasteiger partial charge in [-0.3, -0.25) is 14.4 Å². The zero-order valence-electron chi connectivity index (χ0n) is 36.8. The monoisotopic (exact) mass is 932 g/mol. The van der Waals surface area contributed by atoms with Crippen LogP contribution in [0.3, 0.4) is 0 Å². The summed E-state index contributed by atoms with van der Waals surface area (Å²) in [4.78, 5) is 52.2. The molecule has 16 nitrogen and oxygen atoms in total. The van der Waals surface area contributed by atoms with Gasteiger partial charge in [0.2, 0.25) is 0 Å². The zero-order chi connectivity index (χ0) is 43.6. The summed E-state index contributed by atoms with van der Waals surface area (Å²) in [6.07, 6.45) is 0.557. The van der Waals surface area contributed by atoms with Crippen LogP contribution < -0.4 is 0 Å². The van der Waals surface area contributed by atoms with E-state index in [0.29, 0.717) is 51.0 Å². The first-order valence-electron chi connectivity index (χ1n) is 20.8. The van der Waals surface area contributed by atoms with Crippen LogP contribution in [0.5, 0.6) is 0 Å². The summed E-state index contributed by atoms with van der Waals surface area (Å²) >= 11 is 1.48. The molecule has 3 aliphatic rings. The van der Waals surface area contributed by atoms with E-state index in [4.69, 9.17) is 23.7 Å². The Labute approximate surface area is 388 Å². The number of aliphatic hydroxyl groups excluding tert-OH is 1. The Morgan fingerprint density at radius 2 is 1.67 bits per heavy atom. The van der Waals surface area contributed by atoms with Crippen LogP contribution >= 0.6 is 11.3 Å². The van der Waals surface area contributed by atoms with Crippen molar-refractivity contribution in [2.75, 3.05) is 41.3 Å². The molecule has 3 fully saturated rings. The van der Waals surface area contributed by atoms with Gasteiger partial charge in [-0.1, -0.05) is 63.1 Å². The standard InChI is InChI=1S/C41H66FN7O9S.5CH4/c1-13-30-41(8)32(49(38(53)58-41)18-15-14-17-48-23-28(44-45-48)35-43-16-19-59-35)27(5)47(11)22-24(2)21-39(6,54-12)34(26(4)33(51)40(7,42)37(52)56-30)57-36-31(50)29(46(9)10)20-25(3)55-36;;;;;/h16,19,23-27,29-32,34,36,50H,13-15,17-18,20-22H2,1-12H3;5*1H4/t24-,25?,26+,27-,29?,30-,31?,32-,34-,36+,39-,40?,41-;;;;;/m1...../s1. The summed E-state index contributed by atoms with van der Waals surface area (Å²) in [6, 6.07) is -1.27. The summed E-state index contributed by atoms with van der Waals surface area (Å²) in [5.74, 6) is -3.82. The van der Waals surface area contributed by atoms with Crippen molar-refractivity contribution in [3.8, 4) is 10.7 Å². The van der Waals surface area contributed by atoms with Gasteiger partial charge in [0.15, 0.2) is 17.7 Å². The number of aliphatic hydroxyl groups is 1. The molecule has 2 aromatic heterocycles. The number of carbonyl (C=O) groups is 3. The van der Waals surface area contributed by atoms with E-state index in [0.717, 1.165) is 11.9 Å². The van der Waals surface area contributed by atoms with Crippen LogP contribution in [-0.4, -0.2) is 165 Å². The largest absolute Gasteiger partial charge is 0.455 e. The number of hydrogen-bond acceptors (Lipinski definition) is 15. The van der Waals surface area contributed by atoms with Crippen molar-refractivity contribution in [2.24, 2.45) is 11.8 Å². The first kappa shape index (κ1) is 60.9. The molecule has 0 saturated carbocycles. The number of ketones is 1. The van der Waals surface area contributed by atoms with Gasteiger partial charge in [-0.25, -0.2) is 19.0 Å². The molecular formula is C46H86FN7O9S. The molecule has 0 spiro atoms. The lowest BCUT2D eigenvalue weighted by molar-refractivity contribution is -0.295. The Bertz CT molecular complexity index is 1740. The lowest BCUT2D eigenvalue weighted by atomic mass is 9.77. The van der Waals surface area contributed by atoms with Gasteiger partial charge in [-0.05, 0) is 93.8 Å². The van der Waals surface area contributed by atoms with E-state index in [1.807, 2.05) is 51.5 Å². The molecule has 18 heteroatoms. The number of Topliss-reactive ketones (excluding diaryl/α,β-unsaturated/α-hetero) is 1. The third-order valence-corrected chi connectivity index (χ3v) is 13.6. The fourth-order valence-electron chi connectivity index (χ4n) is 9.44. The number of alkyl halides is 1. The minimum atomic E-state index is -3.13. The van der Waals surface area contributed by atoms with Crippen LogP contribution in [0.4, 0.5) is 9.18 Å². The van der Waals surface area contributed by atoms with E-state index in [1.165, 1.54) is 25.4 Å². The predicted molar refractivity (Wildman–Crippen MR) is 252 cm³/mol. The number of likely N-dealkylation sites (N-methyl/N-ethyl adjacent to an activating group) is 2. The van der Waals surface area contributed by atoms with Gasteiger partial charge >= 0.3 is 12.1 Å². The number of ether oxygens (including phenoxy) is 5. The molecule has 5 rings (SSSR count). The normalized spacial score (nSPS) is 35.2. The number of unbranched alkanes of at least 4 members (excludes halogenated alkanes) is 1.